The predicted octanol–water partition coefficient (Wildman–Crippen LogP) is 8.80. The summed E-state index contributed by atoms with van der Waals surface area (Å²) in [6, 6.07) is 42.1. The maximum Gasteiger partial charge on any atom is -0.00201 e. The zero-order chi connectivity index (χ0) is 21.8. The molecule has 0 bridgehead atoms. The lowest BCUT2D eigenvalue weighted by Gasteiger charge is -2.19. The Labute approximate surface area is 193 Å². The maximum absolute atomic E-state index is 2.41. The molecule has 0 saturated heterocycles. The average Bonchev–Trinajstić information content (AvgIpc) is 3.31. The van der Waals surface area contributed by atoms with Crippen LogP contribution in [-0.2, 0) is 6.42 Å². The topological polar surface area (TPSA) is 0 Å². The lowest BCUT2D eigenvalue weighted by molar-refractivity contribution is 1.31. The quantitative estimate of drug-likeness (QED) is 0.246. The van der Waals surface area contributed by atoms with E-state index in [0.717, 1.165) is 6.42 Å². The first-order valence-electron chi connectivity index (χ1n) is 11.6. The monoisotopic (exact) mass is 418 g/mol. The summed E-state index contributed by atoms with van der Waals surface area (Å²) in [5.41, 5.74) is 8.13. The fourth-order valence-corrected chi connectivity index (χ4v) is 5.67. The SMILES string of the molecule is C1=C(c2c3ccccc3c(-c3cccc4ccccc34)c3ccccc23)c2ccccc2C1. The number of benzene rings is 6. The van der Waals surface area contributed by atoms with E-state index in [4.69, 9.17) is 0 Å². The lowest BCUT2D eigenvalue weighted by Crippen LogP contribution is -1.94. The molecular weight excluding hydrogens is 396 g/mol. The Kier molecular flexibility index (Phi) is 4.01. The number of hydrogen-bond donors (Lipinski definition) is 0. The van der Waals surface area contributed by atoms with E-state index in [0.29, 0.717) is 0 Å². The largest absolute Gasteiger partial charge is 0.0716 e. The molecular formula is C33H22. The average molecular weight is 419 g/mol. The molecule has 0 atom stereocenters. The van der Waals surface area contributed by atoms with Crippen LogP contribution < -0.4 is 0 Å². The molecule has 0 N–H and O–H groups in total. The highest BCUT2D eigenvalue weighted by atomic mass is 14.3. The normalized spacial score (nSPS) is 12.9. The second-order valence-corrected chi connectivity index (χ2v) is 8.85. The minimum atomic E-state index is 0.999. The fraction of sp³-hybridized carbons (Fsp3) is 0.0303. The Morgan fingerprint density at radius 2 is 0.909 bits per heavy atom. The van der Waals surface area contributed by atoms with Gasteiger partial charge in [-0.2, -0.15) is 0 Å². The summed E-state index contributed by atoms with van der Waals surface area (Å²) in [6.45, 7) is 0. The van der Waals surface area contributed by atoms with Crippen LogP contribution in [0.15, 0.2) is 121 Å². The van der Waals surface area contributed by atoms with Crippen LogP contribution >= 0.6 is 0 Å². The molecule has 7 rings (SSSR count). The lowest BCUT2D eigenvalue weighted by atomic mass is 9.83. The fourth-order valence-electron chi connectivity index (χ4n) is 5.67. The van der Waals surface area contributed by atoms with Crippen molar-refractivity contribution in [3.8, 4) is 11.1 Å². The van der Waals surface area contributed by atoms with E-state index in [1.54, 1.807) is 0 Å². The van der Waals surface area contributed by atoms with E-state index >= 15 is 0 Å². The molecule has 0 spiro atoms. The van der Waals surface area contributed by atoms with Gasteiger partial charge in [-0.15, -0.1) is 0 Å². The third kappa shape index (κ3) is 2.71. The van der Waals surface area contributed by atoms with Gasteiger partial charge >= 0.3 is 0 Å². The van der Waals surface area contributed by atoms with Crippen LogP contribution in [-0.4, -0.2) is 0 Å². The van der Waals surface area contributed by atoms with Crippen LogP contribution in [0, 0.1) is 0 Å². The molecule has 1 aliphatic rings. The molecule has 0 aromatic heterocycles. The smallest absolute Gasteiger partial charge is 0.00201 e. The van der Waals surface area contributed by atoms with Crippen molar-refractivity contribution in [2.24, 2.45) is 0 Å². The summed E-state index contributed by atoms with van der Waals surface area (Å²) < 4.78 is 0. The highest BCUT2D eigenvalue weighted by Gasteiger charge is 2.22. The van der Waals surface area contributed by atoms with Crippen molar-refractivity contribution in [2.45, 2.75) is 6.42 Å². The zero-order valence-electron chi connectivity index (χ0n) is 18.3. The van der Waals surface area contributed by atoms with Gasteiger partial charge in [0.2, 0.25) is 0 Å². The van der Waals surface area contributed by atoms with Crippen molar-refractivity contribution in [3.63, 3.8) is 0 Å². The molecule has 0 radical (unpaired) electrons. The number of fused-ring (bicyclic) bond motifs is 4. The molecule has 0 fully saturated rings. The van der Waals surface area contributed by atoms with Gasteiger partial charge in [-0.05, 0) is 72.1 Å². The Hall–Kier alpha value is -4.16. The zero-order valence-corrected chi connectivity index (χ0v) is 18.3. The third-order valence-corrected chi connectivity index (χ3v) is 7.09. The molecule has 0 heteroatoms. The van der Waals surface area contributed by atoms with Crippen molar-refractivity contribution in [3.05, 3.63) is 138 Å². The van der Waals surface area contributed by atoms with E-state index in [1.165, 1.54) is 65.7 Å². The summed E-state index contributed by atoms with van der Waals surface area (Å²) in [4.78, 5) is 0. The van der Waals surface area contributed by atoms with Crippen molar-refractivity contribution < 1.29 is 0 Å². The number of hydrogen-bond acceptors (Lipinski definition) is 0. The van der Waals surface area contributed by atoms with Gasteiger partial charge < -0.3 is 0 Å². The number of allylic oxidation sites excluding steroid dienone is 1. The van der Waals surface area contributed by atoms with Crippen molar-refractivity contribution in [1.82, 2.24) is 0 Å². The van der Waals surface area contributed by atoms with Gasteiger partial charge in [0.15, 0.2) is 0 Å². The highest BCUT2D eigenvalue weighted by molar-refractivity contribution is 6.22. The Bertz CT molecular complexity index is 1670. The molecule has 6 aromatic rings. The summed E-state index contributed by atoms with van der Waals surface area (Å²) in [5.74, 6) is 0. The van der Waals surface area contributed by atoms with Crippen LogP contribution in [0.5, 0.6) is 0 Å². The molecule has 1 aliphatic carbocycles. The minimum Gasteiger partial charge on any atom is -0.0716 e. The molecule has 0 heterocycles. The van der Waals surface area contributed by atoms with Gasteiger partial charge in [0.25, 0.3) is 0 Å². The van der Waals surface area contributed by atoms with E-state index in [1.807, 2.05) is 0 Å². The Balaban J connectivity index is 1.66. The summed E-state index contributed by atoms with van der Waals surface area (Å²) in [5, 5.41) is 7.85. The molecule has 0 amide bonds. The van der Waals surface area contributed by atoms with Crippen LogP contribution in [0.1, 0.15) is 16.7 Å². The van der Waals surface area contributed by atoms with Crippen LogP contribution in [0.4, 0.5) is 0 Å². The van der Waals surface area contributed by atoms with Gasteiger partial charge in [-0.1, -0.05) is 121 Å². The molecule has 0 aliphatic heterocycles. The van der Waals surface area contributed by atoms with E-state index < -0.39 is 0 Å². The van der Waals surface area contributed by atoms with Crippen molar-refractivity contribution >= 4 is 37.9 Å². The van der Waals surface area contributed by atoms with E-state index in [9.17, 15) is 0 Å². The first kappa shape index (κ1) is 18.4. The number of rotatable bonds is 2. The Morgan fingerprint density at radius 3 is 1.64 bits per heavy atom. The maximum atomic E-state index is 2.41. The minimum absolute atomic E-state index is 0.999. The van der Waals surface area contributed by atoms with Crippen LogP contribution in [0.25, 0.3) is 49.0 Å². The molecule has 33 heavy (non-hydrogen) atoms. The third-order valence-electron chi connectivity index (χ3n) is 7.09. The first-order valence-corrected chi connectivity index (χ1v) is 11.6. The molecule has 154 valence electrons. The van der Waals surface area contributed by atoms with Gasteiger partial charge in [0, 0.05) is 0 Å². The van der Waals surface area contributed by atoms with Crippen molar-refractivity contribution in [2.75, 3.05) is 0 Å². The van der Waals surface area contributed by atoms with Gasteiger partial charge in [-0.3, -0.25) is 0 Å². The van der Waals surface area contributed by atoms with E-state index in [-0.39, 0.29) is 0 Å². The van der Waals surface area contributed by atoms with Gasteiger partial charge in [0.05, 0.1) is 0 Å². The molecule has 0 unspecified atom stereocenters. The standard InChI is InChI=1S/C33H22/c1-3-13-24-22(10-1)12-9-19-26(24)32-27-15-5-7-17-29(27)33(30-18-8-6-16-28(30)32)31-21-20-23-11-2-4-14-25(23)31/h1-19,21H,20H2. The first-order chi connectivity index (χ1) is 16.4. The van der Waals surface area contributed by atoms with Crippen molar-refractivity contribution in [1.29, 1.82) is 0 Å². The molecule has 0 saturated carbocycles. The Morgan fingerprint density at radius 1 is 0.394 bits per heavy atom. The van der Waals surface area contributed by atoms with Gasteiger partial charge in [-0.25, -0.2) is 0 Å². The van der Waals surface area contributed by atoms with Crippen LogP contribution in [0.3, 0.4) is 0 Å². The van der Waals surface area contributed by atoms with E-state index in [2.05, 4.69) is 121 Å². The summed E-state index contributed by atoms with van der Waals surface area (Å²) in [7, 11) is 0. The van der Waals surface area contributed by atoms with Gasteiger partial charge in [0.1, 0.15) is 0 Å². The molecule has 6 aromatic carbocycles. The van der Waals surface area contributed by atoms with Crippen LogP contribution in [0.2, 0.25) is 0 Å². The second-order valence-electron chi connectivity index (χ2n) is 8.85. The highest BCUT2D eigenvalue weighted by Crippen LogP contribution is 2.46. The summed E-state index contributed by atoms with van der Waals surface area (Å²) >= 11 is 0. The summed E-state index contributed by atoms with van der Waals surface area (Å²) in [6.07, 6.45) is 3.41. The second kappa shape index (κ2) is 7.18. The molecule has 0 nitrogen and oxygen atoms in total. The predicted molar refractivity (Wildman–Crippen MR) is 142 cm³/mol.